The Morgan fingerprint density at radius 1 is 1.11 bits per heavy atom. The van der Waals surface area contributed by atoms with Crippen molar-refractivity contribution in [1.82, 2.24) is 10.0 Å². The number of halogens is 1. The summed E-state index contributed by atoms with van der Waals surface area (Å²) < 4.78 is 41.3. The van der Waals surface area contributed by atoms with Crippen molar-refractivity contribution in [3.63, 3.8) is 0 Å². The first-order valence-electron chi connectivity index (χ1n) is 11.7. The van der Waals surface area contributed by atoms with E-state index in [2.05, 4.69) is 26.0 Å². The number of benzene rings is 3. The highest BCUT2D eigenvalue weighted by Gasteiger charge is 2.45. The summed E-state index contributed by atoms with van der Waals surface area (Å²) in [6, 6.07) is 18.1. The number of fused-ring (bicyclic) bond motifs is 1. The fraction of sp³-hybridized carbons (Fsp3) is 0.296. The highest BCUT2D eigenvalue weighted by molar-refractivity contribution is 9.10. The molecule has 3 aromatic carbocycles. The molecule has 0 aliphatic carbocycles. The van der Waals surface area contributed by atoms with E-state index < -0.39 is 27.8 Å². The molecule has 0 saturated heterocycles. The molecule has 8 nitrogen and oxygen atoms in total. The van der Waals surface area contributed by atoms with Crippen LogP contribution in [0.15, 0.2) is 76.1 Å². The molecule has 0 unspecified atom stereocenters. The molecule has 1 heterocycles. The maximum absolute atomic E-state index is 13.5. The van der Waals surface area contributed by atoms with Crippen molar-refractivity contribution in [2.24, 2.45) is 0 Å². The van der Waals surface area contributed by atoms with Gasteiger partial charge in [0.2, 0.25) is 10.0 Å². The van der Waals surface area contributed by atoms with Gasteiger partial charge >= 0.3 is 0 Å². The summed E-state index contributed by atoms with van der Waals surface area (Å²) in [4.78, 5) is 12.8. The normalized spacial score (nSPS) is 18.4. The highest BCUT2D eigenvalue weighted by Crippen LogP contribution is 2.41. The number of ether oxygens (including phenoxy) is 2. The molecule has 10 heteroatoms. The summed E-state index contributed by atoms with van der Waals surface area (Å²) in [5.41, 5.74) is 0.692. The average Bonchev–Trinajstić information content (AvgIpc) is 2.87. The van der Waals surface area contributed by atoms with Crippen molar-refractivity contribution in [3.05, 3.63) is 87.9 Å². The van der Waals surface area contributed by atoms with Crippen molar-refractivity contribution >= 4 is 31.9 Å². The minimum atomic E-state index is -4.15. The molecule has 0 spiro atoms. The van der Waals surface area contributed by atoms with Gasteiger partial charge in [-0.15, -0.1) is 0 Å². The van der Waals surface area contributed by atoms with Crippen molar-refractivity contribution in [2.45, 2.75) is 42.9 Å². The van der Waals surface area contributed by atoms with Crippen molar-refractivity contribution in [3.8, 4) is 11.5 Å². The molecule has 1 amide bonds. The summed E-state index contributed by atoms with van der Waals surface area (Å²) >= 11 is 3.30. The average molecular weight is 590 g/mol. The number of hydrogen-bond acceptors (Lipinski definition) is 6. The van der Waals surface area contributed by atoms with Gasteiger partial charge in [-0.1, -0.05) is 46.3 Å². The topological polar surface area (TPSA) is 114 Å². The second-order valence-electron chi connectivity index (χ2n) is 9.29. The van der Waals surface area contributed by atoms with Crippen LogP contribution >= 0.6 is 15.9 Å². The molecule has 0 bridgehead atoms. The zero-order chi connectivity index (χ0) is 26.8. The number of aliphatic hydroxyl groups excluding tert-OH is 1. The Morgan fingerprint density at radius 2 is 1.84 bits per heavy atom. The zero-order valence-corrected chi connectivity index (χ0v) is 23.1. The molecule has 0 saturated carbocycles. The summed E-state index contributed by atoms with van der Waals surface area (Å²) in [6.07, 6.45) is -0.575. The molecule has 3 N–H and O–H groups in total. The fourth-order valence-electron chi connectivity index (χ4n) is 4.23. The third kappa shape index (κ3) is 5.98. The van der Waals surface area contributed by atoms with Crippen molar-refractivity contribution in [2.75, 3.05) is 13.7 Å². The van der Waals surface area contributed by atoms with E-state index in [0.29, 0.717) is 34.3 Å². The van der Waals surface area contributed by atoms with Crippen LogP contribution < -0.4 is 19.5 Å². The standard InChI is InChI=1S/C27H29BrN2O6S/c1-27(2)25(31)24(30-37(33,34)23-16-19(28)10-12-22(23)35-3)20-15-18(9-11-21(20)36-27)26(32)29-14-13-17-7-5-4-6-8-17/h4-12,15-16,24-25,30-31H,13-14H2,1-3H3,(H,29,32)/t24-,25+/m1/s1. The molecule has 2 atom stereocenters. The number of carbonyl (C=O) groups is 1. The lowest BCUT2D eigenvalue weighted by Crippen LogP contribution is -2.53. The lowest BCUT2D eigenvalue weighted by molar-refractivity contribution is -0.0603. The maximum atomic E-state index is 13.5. The van der Waals surface area contributed by atoms with Crippen LogP contribution in [-0.2, 0) is 16.4 Å². The Hall–Kier alpha value is -2.92. The van der Waals surface area contributed by atoms with Gasteiger partial charge in [0.25, 0.3) is 5.91 Å². The number of nitrogens with one attached hydrogen (secondary N) is 2. The van der Waals surface area contributed by atoms with E-state index >= 15 is 0 Å². The quantitative estimate of drug-likeness (QED) is 0.367. The highest BCUT2D eigenvalue weighted by atomic mass is 79.9. The zero-order valence-electron chi connectivity index (χ0n) is 20.7. The second-order valence-corrected chi connectivity index (χ2v) is 11.9. The molecule has 1 aliphatic rings. The van der Waals surface area contributed by atoms with E-state index in [0.717, 1.165) is 5.56 Å². The van der Waals surface area contributed by atoms with E-state index in [1.807, 2.05) is 30.3 Å². The first kappa shape index (κ1) is 27.1. The lowest BCUT2D eigenvalue weighted by Gasteiger charge is -2.42. The van der Waals surface area contributed by atoms with Crippen LogP contribution in [0.25, 0.3) is 0 Å². The van der Waals surface area contributed by atoms with Crippen LogP contribution in [0, 0.1) is 0 Å². The largest absolute Gasteiger partial charge is 0.495 e. The first-order chi connectivity index (χ1) is 17.5. The van der Waals surface area contributed by atoms with E-state index in [9.17, 15) is 18.3 Å². The smallest absolute Gasteiger partial charge is 0.251 e. The Bertz CT molecular complexity index is 1400. The Labute approximate surface area is 225 Å². The lowest BCUT2D eigenvalue weighted by atomic mass is 9.86. The Kier molecular flexibility index (Phi) is 7.94. The number of carbonyl (C=O) groups excluding carboxylic acids is 1. The summed E-state index contributed by atoms with van der Waals surface area (Å²) in [5.74, 6) is 0.224. The molecule has 0 aromatic heterocycles. The molecule has 37 heavy (non-hydrogen) atoms. The van der Waals surface area contributed by atoms with Crippen molar-refractivity contribution < 1.29 is 27.8 Å². The first-order valence-corrected chi connectivity index (χ1v) is 14.0. The van der Waals surface area contributed by atoms with Gasteiger partial charge < -0.3 is 19.9 Å². The van der Waals surface area contributed by atoms with Crippen LogP contribution in [0.3, 0.4) is 0 Å². The number of aliphatic hydroxyl groups is 1. The van der Waals surface area contributed by atoms with E-state index in [1.165, 1.54) is 19.2 Å². The van der Waals surface area contributed by atoms with Gasteiger partial charge in [-0.2, -0.15) is 0 Å². The third-order valence-corrected chi connectivity index (χ3v) is 8.20. The van der Waals surface area contributed by atoms with Crippen LogP contribution in [0.1, 0.15) is 41.4 Å². The summed E-state index contributed by atoms with van der Waals surface area (Å²) in [7, 11) is -2.77. The van der Waals surface area contributed by atoms with Gasteiger partial charge in [-0.05, 0) is 62.2 Å². The number of methoxy groups -OCH3 is 1. The predicted octanol–water partition coefficient (Wildman–Crippen LogP) is 3.98. The molecule has 3 aromatic rings. The van der Waals surface area contributed by atoms with Gasteiger partial charge in [0, 0.05) is 22.1 Å². The van der Waals surface area contributed by atoms with Crippen LogP contribution in [-0.4, -0.2) is 44.8 Å². The fourth-order valence-corrected chi connectivity index (χ4v) is 6.16. The number of rotatable bonds is 8. The van der Waals surface area contributed by atoms with E-state index in [1.54, 1.807) is 38.1 Å². The number of amides is 1. The molecule has 196 valence electrons. The Morgan fingerprint density at radius 3 is 2.54 bits per heavy atom. The monoisotopic (exact) mass is 588 g/mol. The molecule has 0 radical (unpaired) electrons. The summed E-state index contributed by atoms with van der Waals surface area (Å²) in [5, 5.41) is 14.0. The predicted molar refractivity (Wildman–Crippen MR) is 143 cm³/mol. The van der Waals surface area contributed by atoms with Gasteiger partial charge in [-0.3, -0.25) is 4.79 Å². The summed E-state index contributed by atoms with van der Waals surface area (Å²) in [6.45, 7) is 3.78. The number of hydrogen-bond donors (Lipinski definition) is 3. The third-order valence-electron chi connectivity index (χ3n) is 6.25. The molecule has 4 rings (SSSR count). The van der Waals surface area contributed by atoms with Crippen molar-refractivity contribution in [1.29, 1.82) is 0 Å². The van der Waals surface area contributed by atoms with Gasteiger partial charge in [0.15, 0.2) is 0 Å². The van der Waals surface area contributed by atoms with Gasteiger partial charge in [0.05, 0.1) is 13.2 Å². The molecule has 1 aliphatic heterocycles. The molecule has 0 fully saturated rings. The molecular formula is C27H29BrN2O6S. The molecular weight excluding hydrogens is 560 g/mol. The minimum Gasteiger partial charge on any atom is -0.495 e. The van der Waals surface area contributed by atoms with E-state index in [-0.39, 0.29) is 16.6 Å². The minimum absolute atomic E-state index is 0.0859. The van der Waals surface area contributed by atoms with Gasteiger partial charge in [0.1, 0.15) is 28.1 Å². The van der Waals surface area contributed by atoms with Crippen LogP contribution in [0.2, 0.25) is 0 Å². The van der Waals surface area contributed by atoms with Crippen LogP contribution in [0.4, 0.5) is 0 Å². The van der Waals surface area contributed by atoms with Gasteiger partial charge in [-0.25, -0.2) is 13.1 Å². The SMILES string of the molecule is COc1ccc(Br)cc1S(=O)(=O)N[C@@H]1c2cc(C(=O)NCCc3ccccc3)ccc2OC(C)(C)[C@H]1O. The number of sulfonamides is 1. The van der Waals surface area contributed by atoms with Crippen LogP contribution in [0.5, 0.6) is 11.5 Å². The Balaban J connectivity index is 1.62. The maximum Gasteiger partial charge on any atom is 0.251 e. The second kappa shape index (κ2) is 10.8. The van der Waals surface area contributed by atoms with E-state index in [4.69, 9.17) is 9.47 Å².